The van der Waals surface area contributed by atoms with Gasteiger partial charge in [0.25, 0.3) is 0 Å². The summed E-state index contributed by atoms with van der Waals surface area (Å²) in [6, 6.07) is 11.0. The van der Waals surface area contributed by atoms with Crippen LogP contribution in [0.2, 0.25) is 0 Å². The number of rotatable bonds is 5. The Kier molecular flexibility index (Phi) is 4.60. The van der Waals surface area contributed by atoms with Gasteiger partial charge in [0, 0.05) is 18.2 Å². The lowest BCUT2D eigenvalue weighted by atomic mass is 10.2. The monoisotopic (exact) mass is 442 g/mol. The summed E-state index contributed by atoms with van der Waals surface area (Å²) in [5, 5.41) is 2.50. The summed E-state index contributed by atoms with van der Waals surface area (Å²) in [4.78, 5) is 12.8. The second-order valence-corrected chi connectivity index (χ2v) is 9.17. The minimum absolute atomic E-state index is 0.174. The number of anilines is 2. The summed E-state index contributed by atoms with van der Waals surface area (Å²) in [7, 11) is -2.47. The molecule has 2 aromatic carbocycles. The number of hydrogen-bond donors (Lipinski definition) is 1. The second kappa shape index (κ2) is 6.79. The molecule has 1 saturated heterocycles. The molecule has 0 unspecified atom stereocenters. The van der Waals surface area contributed by atoms with E-state index >= 15 is 0 Å². The topological polar surface area (TPSA) is 84.9 Å². The molecule has 11 heteroatoms. The van der Waals surface area contributed by atoms with Crippen LogP contribution in [-0.2, 0) is 14.8 Å². The zero-order valence-corrected chi connectivity index (χ0v) is 16.5. The van der Waals surface area contributed by atoms with Crippen molar-refractivity contribution in [2.45, 2.75) is 17.5 Å². The Balaban J connectivity index is 1.51. The molecule has 4 rings (SSSR count). The molecule has 0 bridgehead atoms. The van der Waals surface area contributed by atoms with Gasteiger partial charge in [0.15, 0.2) is 4.75 Å². The molecule has 7 nitrogen and oxygen atoms in total. The molecule has 1 N–H and O–H groups in total. The van der Waals surface area contributed by atoms with Crippen LogP contribution >= 0.6 is 0 Å². The predicted octanol–water partition coefficient (Wildman–Crippen LogP) is 3.14. The van der Waals surface area contributed by atoms with E-state index in [1.807, 2.05) is 0 Å². The van der Waals surface area contributed by atoms with Crippen molar-refractivity contribution < 1.29 is 35.9 Å². The summed E-state index contributed by atoms with van der Waals surface area (Å²) in [5.41, 5.74) is 0.608. The van der Waals surface area contributed by atoms with Crippen molar-refractivity contribution in [2.24, 2.45) is 5.92 Å². The summed E-state index contributed by atoms with van der Waals surface area (Å²) < 4.78 is 71.5. The lowest BCUT2D eigenvalue weighted by molar-refractivity contribution is -0.274. The average Bonchev–Trinajstić information content (AvgIpc) is 3.38. The fourth-order valence-corrected chi connectivity index (χ4v) is 6.06. The molecule has 2 fully saturated rings. The van der Waals surface area contributed by atoms with Gasteiger partial charge in [-0.25, -0.2) is 8.42 Å². The Bertz CT molecular complexity index is 1070. The van der Waals surface area contributed by atoms with Crippen LogP contribution in [0.1, 0.15) is 6.42 Å². The first-order valence-corrected chi connectivity index (χ1v) is 10.3. The fraction of sp³-hybridized carbons (Fsp3) is 0.316. The highest BCUT2D eigenvalue weighted by Crippen LogP contribution is 2.58. The molecule has 0 spiro atoms. The number of hydrogen-bond acceptors (Lipinski definition) is 5. The maximum atomic E-state index is 13.1. The van der Waals surface area contributed by atoms with E-state index in [1.54, 1.807) is 24.3 Å². The van der Waals surface area contributed by atoms with Gasteiger partial charge < -0.3 is 14.8 Å². The van der Waals surface area contributed by atoms with E-state index in [1.165, 1.54) is 23.5 Å². The fourth-order valence-electron chi connectivity index (χ4n) is 3.69. The first kappa shape index (κ1) is 20.3. The molecular weight excluding hydrogens is 425 g/mol. The highest BCUT2D eigenvalue weighted by atomic mass is 32.2. The molecule has 1 aliphatic heterocycles. The standard InChI is InChI=1S/C19H17F3N2O5S/c1-28-15-8-4-14(5-9-15)24-11-12-10-18(12,30(24,26)27)17(25)23-13-2-6-16(7-3-13)29-19(20,21)22/h2-9,12H,10-11H2,1H3,(H,23,25)/t12-,18-/m0/s1. The summed E-state index contributed by atoms with van der Waals surface area (Å²) >= 11 is 0. The van der Waals surface area contributed by atoms with Gasteiger partial charge in [-0.15, -0.1) is 13.2 Å². The Hall–Kier alpha value is -2.95. The first-order chi connectivity index (χ1) is 14.1. The number of halogens is 3. The summed E-state index contributed by atoms with van der Waals surface area (Å²) in [6.45, 7) is 0.181. The molecular formula is C19H17F3N2O5S. The minimum atomic E-state index is -4.83. The van der Waals surface area contributed by atoms with E-state index in [0.717, 1.165) is 12.1 Å². The van der Waals surface area contributed by atoms with Crippen molar-refractivity contribution in [1.29, 1.82) is 0 Å². The molecule has 2 aromatic rings. The lowest BCUT2D eigenvalue weighted by Crippen LogP contribution is -2.42. The second-order valence-electron chi connectivity index (χ2n) is 7.05. The Labute approximate surface area is 170 Å². The van der Waals surface area contributed by atoms with Crippen molar-refractivity contribution in [3.63, 3.8) is 0 Å². The number of methoxy groups -OCH3 is 1. The van der Waals surface area contributed by atoms with Gasteiger partial charge in [0.2, 0.25) is 15.9 Å². The van der Waals surface area contributed by atoms with Crippen molar-refractivity contribution >= 4 is 27.3 Å². The number of carbonyl (C=O) groups is 1. The van der Waals surface area contributed by atoms with Crippen LogP contribution in [0.3, 0.4) is 0 Å². The SMILES string of the molecule is COc1ccc(N2C[C@@H]3C[C@]3(C(=O)Nc3ccc(OC(F)(F)F)cc3)S2(=O)=O)cc1. The molecule has 1 aliphatic carbocycles. The minimum Gasteiger partial charge on any atom is -0.497 e. The Morgan fingerprint density at radius 3 is 2.27 bits per heavy atom. The van der Waals surface area contributed by atoms with Gasteiger partial charge in [0.05, 0.1) is 12.8 Å². The van der Waals surface area contributed by atoms with Crippen LogP contribution in [0.4, 0.5) is 24.5 Å². The highest BCUT2D eigenvalue weighted by molar-refractivity contribution is 7.95. The number of amides is 1. The maximum absolute atomic E-state index is 13.1. The number of benzene rings is 2. The van der Waals surface area contributed by atoms with Gasteiger partial charge in [-0.2, -0.15) is 0 Å². The molecule has 30 heavy (non-hydrogen) atoms. The first-order valence-electron chi connectivity index (χ1n) is 8.90. The lowest BCUT2D eigenvalue weighted by Gasteiger charge is -2.23. The molecule has 1 saturated carbocycles. The molecule has 2 aliphatic rings. The van der Waals surface area contributed by atoms with Crippen LogP contribution in [0.25, 0.3) is 0 Å². The third kappa shape index (κ3) is 3.32. The number of alkyl halides is 3. The largest absolute Gasteiger partial charge is 0.573 e. The third-order valence-electron chi connectivity index (χ3n) is 5.28. The van der Waals surface area contributed by atoms with Gasteiger partial charge in [-0.3, -0.25) is 9.10 Å². The summed E-state index contributed by atoms with van der Waals surface area (Å²) in [6.07, 6.45) is -4.63. The number of fused-ring (bicyclic) bond motifs is 1. The van der Waals surface area contributed by atoms with E-state index < -0.39 is 32.8 Å². The van der Waals surface area contributed by atoms with Crippen LogP contribution in [0.5, 0.6) is 11.5 Å². The quantitative estimate of drug-likeness (QED) is 0.769. The van der Waals surface area contributed by atoms with Crippen LogP contribution in [0.15, 0.2) is 48.5 Å². The van der Waals surface area contributed by atoms with E-state index in [0.29, 0.717) is 11.4 Å². The highest BCUT2D eigenvalue weighted by Gasteiger charge is 2.75. The van der Waals surface area contributed by atoms with E-state index in [2.05, 4.69) is 10.1 Å². The van der Waals surface area contributed by atoms with Crippen LogP contribution < -0.4 is 19.1 Å². The van der Waals surface area contributed by atoms with Crippen molar-refractivity contribution in [3.8, 4) is 11.5 Å². The maximum Gasteiger partial charge on any atom is 0.573 e. The van der Waals surface area contributed by atoms with E-state index in [4.69, 9.17) is 4.74 Å². The molecule has 1 amide bonds. The predicted molar refractivity (Wildman–Crippen MR) is 102 cm³/mol. The van der Waals surface area contributed by atoms with Gasteiger partial charge >= 0.3 is 6.36 Å². The number of ether oxygens (including phenoxy) is 2. The van der Waals surface area contributed by atoms with E-state index in [9.17, 15) is 26.4 Å². The van der Waals surface area contributed by atoms with E-state index in [-0.39, 0.29) is 24.6 Å². The Morgan fingerprint density at radius 1 is 1.10 bits per heavy atom. The Morgan fingerprint density at radius 2 is 1.70 bits per heavy atom. The molecule has 0 aromatic heterocycles. The molecule has 160 valence electrons. The molecule has 1 heterocycles. The van der Waals surface area contributed by atoms with Gasteiger partial charge in [-0.05, 0) is 55.0 Å². The number of nitrogens with zero attached hydrogens (tertiary/aromatic N) is 1. The van der Waals surface area contributed by atoms with Crippen molar-refractivity contribution in [3.05, 3.63) is 48.5 Å². The number of sulfonamides is 1. The zero-order chi connectivity index (χ0) is 21.7. The molecule has 0 radical (unpaired) electrons. The van der Waals surface area contributed by atoms with Crippen LogP contribution in [0, 0.1) is 5.92 Å². The van der Waals surface area contributed by atoms with Crippen LogP contribution in [-0.4, -0.2) is 39.1 Å². The number of nitrogens with one attached hydrogen (secondary N) is 1. The normalized spacial score (nSPS) is 24.1. The van der Waals surface area contributed by atoms with Gasteiger partial charge in [0.1, 0.15) is 11.5 Å². The van der Waals surface area contributed by atoms with Crippen molar-refractivity contribution in [1.82, 2.24) is 0 Å². The van der Waals surface area contributed by atoms with Crippen molar-refractivity contribution in [2.75, 3.05) is 23.3 Å². The smallest absolute Gasteiger partial charge is 0.497 e. The summed E-state index contributed by atoms with van der Waals surface area (Å²) in [5.74, 6) is -0.932. The number of carbonyl (C=O) groups excluding carboxylic acids is 1. The molecule has 2 atom stereocenters. The average molecular weight is 442 g/mol. The van der Waals surface area contributed by atoms with Gasteiger partial charge in [-0.1, -0.05) is 0 Å². The zero-order valence-electron chi connectivity index (χ0n) is 15.6. The third-order valence-corrected chi connectivity index (χ3v) is 7.82.